The molecule has 0 saturated carbocycles. The average Bonchev–Trinajstić information content (AvgIpc) is 1.61. The van der Waals surface area contributed by atoms with E-state index in [-0.39, 0.29) is 0 Å². The van der Waals surface area contributed by atoms with Gasteiger partial charge in [0.15, 0.2) is 0 Å². The maximum absolute atomic E-state index is 3.60. The molecule has 0 aliphatic rings. The van der Waals surface area contributed by atoms with Crippen molar-refractivity contribution in [2.45, 2.75) is 0 Å². The first kappa shape index (κ1) is 75.1. The van der Waals surface area contributed by atoms with Gasteiger partial charge in [-0.2, -0.15) is 0 Å². The number of anilines is 15. The molecule has 3 aromatic heterocycles. The Morgan fingerprint density at radius 2 is 0.496 bits per heavy atom. The van der Waals surface area contributed by atoms with E-state index in [1.165, 1.54) is 121 Å². The summed E-state index contributed by atoms with van der Waals surface area (Å²) in [6.45, 7) is 0. The summed E-state index contributed by atoms with van der Waals surface area (Å²) in [5.74, 6) is 0. The average molecular weight is 1630 g/mol. The normalized spacial score (nSPS) is 11.3. The quantitative estimate of drug-likeness (QED) is 0.0845. The first-order valence-corrected chi connectivity index (χ1v) is 43.9. The van der Waals surface area contributed by atoms with Crippen LogP contribution in [0.1, 0.15) is 0 Å². The van der Waals surface area contributed by atoms with E-state index in [2.05, 4.69) is 480 Å². The van der Waals surface area contributed by atoms with Crippen LogP contribution in [0.2, 0.25) is 0 Å². The fourth-order valence-electron chi connectivity index (χ4n) is 17.0. The van der Waals surface area contributed by atoms with Crippen LogP contribution in [0.5, 0.6) is 0 Å². The number of hydrogen-bond donors (Lipinski definition) is 3. The molecule has 20 aromatic carbocycles. The molecule has 123 heavy (non-hydrogen) atoms. The summed E-state index contributed by atoms with van der Waals surface area (Å²) in [5, 5.41) is 25.7. The van der Waals surface area contributed by atoms with Gasteiger partial charge >= 0.3 is 0 Å². The lowest BCUT2D eigenvalue weighted by atomic mass is 9.95. The number of nitrogens with one attached hydrogen (secondary N) is 3. The third-order valence-corrected chi connectivity index (χ3v) is 26.3. The van der Waals surface area contributed by atoms with Gasteiger partial charge in [-0.3, -0.25) is 0 Å². The number of para-hydroxylation sites is 6. The second-order valence-corrected chi connectivity index (χ2v) is 33.8. The molecule has 6 nitrogen and oxygen atoms in total. The van der Waals surface area contributed by atoms with Crippen LogP contribution in [0.4, 0.5) is 85.3 Å². The zero-order valence-electron chi connectivity index (χ0n) is 67.0. The van der Waals surface area contributed by atoms with Gasteiger partial charge in [0.2, 0.25) is 0 Å². The van der Waals surface area contributed by atoms with Crippen LogP contribution >= 0.6 is 34.0 Å². The van der Waals surface area contributed by atoms with Crippen molar-refractivity contribution in [3.05, 3.63) is 467 Å². The molecule has 0 unspecified atom stereocenters. The van der Waals surface area contributed by atoms with E-state index >= 15 is 0 Å². The van der Waals surface area contributed by atoms with Crippen LogP contribution in [0, 0.1) is 0 Å². The number of thiophene rings is 3. The molecule has 3 N–H and O–H groups in total. The zero-order chi connectivity index (χ0) is 81.8. The fourth-order valence-corrected chi connectivity index (χ4v) is 20.5. The van der Waals surface area contributed by atoms with Gasteiger partial charge in [-0.1, -0.05) is 285 Å². The molecule has 0 aliphatic carbocycles. The Morgan fingerprint density at radius 3 is 0.967 bits per heavy atom. The Hall–Kier alpha value is -15.4. The van der Waals surface area contributed by atoms with Crippen molar-refractivity contribution in [3.63, 3.8) is 0 Å². The minimum absolute atomic E-state index is 1.08. The molecule has 3 heterocycles. The topological polar surface area (TPSA) is 45.8 Å². The predicted octanol–water partition coefficient (Wildman–Crippen LogP) is 34.6. The molecule has 23 rings (SSSR count). The lowest BCUT2D eigenvalue weighted by Crippen LogP contribution is -2.10. The first-order chi connectivity index (χ1) is 60.9. The highest BCUT2D eigenvalue weighted by Gasteiger charge is 2.24. The third kappa shape index (κ3) is 15.5. The van der Waals surface area contributed by atoms with E-state index in [0.717, 1.165) is 79.6 Å². The highest BCUT2D eigenvalue weighted by Crippen LogP contribution is 2.51. The van der Waals surface area contributed by atoms with Gasteiger partial charge in [0.05, 0.1) is 11.4 Å². The van der Waals surface area contributed by atoms with E-state index in [1.807, 2.05) is 52.2 Å². The summed E-state index contributed by atoms with van der Waals surface area (Å²) in [6.07, 6.45) is 0. The fraction of sp³-hybridized carbons (Fsp3) is 0. The van der Waals surface area contributed by atoms with Crippen molar-refractivity contribution in [2.24, 2.45) is 0 Å². The van der Waals surface area contributed by atoms with Gasteiger partial charge in [-0.25, -0.2) is 0 Å². The highest BCUT2D eigenvalue weighted by atomic mass is 32.1. The van der Waals surface area contributed by atoms with E-state index in [4.69, 9.17) is 0 Å². The Balaban J connectivity index is 0.000000114. The van der Waals surface area contributed by atoms with Gasteiger partial charge in [-0.05, 0) is 220 Å². The van der Waals surface area contributed by atoms with E-state index in [9.17, 15) is 0 Å². The van der Waals surface area contributed by atoms with Crippen LogP contribution in [0.3, 0.4) is 0 Å². The maximum atomic E-state index is 3.60. The largest absolute Gasteiger partial charge is 0.355 e. The van der Waals surface area contributed by atoms with Crippen LogP contribution in [-0.4, -0.2) is 0 Å². The van der Waals surface area contributed by atoms with E-state index < -0.39 is 0 Å². The second kappa shape index (κ2) is 33.8. The van der Waals surface area contributed by atoms with Crippen molar-refractivity contribution in [1.29, 1.82) is 0 Å². The molecule has 0 radical (unpaired) electrons. The molecule has 0 spiro atoms. The number of rotatable bonds is 17. The van der Waals surface area contributed by atoms with Crippen LogP contribution in [0.25, 0.3) is 115 Å². The highest BCUT2D eigenvalue weighted by molar-refractivity contribution is 7.27. The van der Waals surface area contributed by atoms with Gasteiger partial charge in [0.1, 0.15) is 0 Å². The summed E-state index contributed by atoms with van der Waals surface area (Å²) in [5.41, 5.74) is 21.8. The molecule has 9 heteroatoms. The SMILES string of the molecule is c1ccc(Nc2ccc3c(c2)sc2c(-c4cccc5ccccc45)cc(N(c4ccccc4)c4cccc5ccccc45)cc23)cc1.c1ccc(Nc2ccc3c(c2)sc2ccc(N(c4ccccc4)c4ccc(-c5ccccc5)cc4)cc23)cc1.c1ccc(Nc2ccc3c(c2)sc2ccc(N(c4ccccc4)c4cccc5ccccc45)cc23)cc1. The second-order valence-electron chi connectivity index (χ2n) is 30.6. The maximum Gasteiger partial charge on any atom is 0.0540 e. The Kier molecular flexibility index (Phi) is 20.6. The lowest BCUT2D eigenvalue weighted by molar-refractivity contribution is 1.29. The van der Waals surface area contributed by atoms with Crippen molar-refractivity contribution in [3.8, 4) is 22.3 Å². The minimum Gasteiger partial charge on any atom is -0.355 e. The van der Waals surface area contributed by atoms with Crippen molar-refractivity contribution in [2.75, 3.05) is 30.7 Å². The smallest absolute Gasteiger partial charge is 0.0540 e. The Bertz CT molecular complexity index is 7700. The molecular weight excluding hydrogens is 1550 g/mol. The molecule has 584 valence electrons. The molecule has 0 bridgehead atoms. The van der Waals surface area contributed by atoms with Crippen molar-refractivity contribution < 1.29 is 0 Å². The molecule has 23 aromatic rings. The van der Waals surface area contributed by atoms with Crippen molar-refractivity contribution >= 4 is 212 Å². The summed E-state index contributed by atoms with van der Waals surface area (Å²) >= 11 is 5.55. The zero-order valence-corrected chi connectivity index (χ0v) is 69.5. The lowest BCUT2D eigenvalue weighted by Gasteiger charge is -2.27. The summed E-state index contributed by atoms with van der Waals surface area (Å²) in [4.78, 5) is 7.13. The van der Waals surface area contributed by atoms with Gasteiger partial charge in [0, 0.05) is 151 Å². The molecule has 0 saturated heterocycles. The van der Waals surface area contributed by atoms with Crippen LogP contribution in [0.15, 0.2) is 467 Å². The van der Waals surface area contributed by atoms with Crippen LogP contribution in [-0.2, 0) is 0 Å². The van der Waals surface area contributed by atoms with Gasteiger partial charge < -0.3 is 30.7 Å². The van der Waals surface area contributed by atoms with Gasteiger partial charge in [0.25, 0.3) is 0 Å². The monoisotopic (exact) mass is 1630 g/mol. The van der Waals surface area contributed by atoms with E-state index in [1.54, 1.807) is 0 Å². The Morgan fingerprint density at radius 1 is 0.163 bits per heavy atom. The van der Waals surface area contributed by atoms with E-state index in [0.29, 0.717) is 0 Å². The number of nitrogens with zero attached hydrogens (tertiary/aromatic N) is 3. The summed E-state index contributed by atoms with van der Waals surface area (Å²) in [7, 11) is 0. The number of benzene rings is 20. The first-order valence-electron chi connectivity index (χ1n) is 41.5. The van der Waals surface area contributed by atoms with Crippen molar-refractivity contribution in [1.82, 2.24) is 0 Å². The van der Waals surface area contributed by atoms with Gasteiger partial charge in [-0.15, -0.1) is 34.0 Å². The number of hydrogen-bond acceptors (Lipinski definition) is 9. The number of fused-ring (bicyclic) bond motifs is 12. The third-order valence-electron chi connectivity index (χ3n) is 22.8. The minimum atomic E-state index is 1.08. The standard InChI is InChI=1S/C44H30N2S.C36H26N2S.C34H24N2S/c1-3-17-32(18-4-1)45-33-25-26-39-41-29-35(46(34-19-5-2-6-20-34)42-24-12-16-31-14-8-10-22-37(31)42)28-40(44(41)47-43(39)27-33)38-23-11-15-30-13-7-9-21-36(30)38;1-4-10-26(11-5-1)27-16-19-31(20-17-27)38(30-14-8-3-9-15-30)32-21-23-35-34(25-32)33-22-18-29(24-36(33)39-35)37-28-12-6-2-7-13-28;1-3-12-25(13-4-1)35-26-18-20-30-31-23-28(19-21-33(31)37-34(30)22-26)36(27-14-5-2-6-15-27)32-17-9-11-24-10-7-8-16-29(24)32/h1-29,45H;1-25,37H;1-23,35H. The molecular formula is C114H80N6S3. The molecule has 0 atom stereocenters. The summed E-state index contributed by atoms with van der Waals surface area (Å²) in [6, 6.07) is 167. The molecule has 0 amide bonds. The summed E-state index contributed by atoms with van der Waals surface area (Å²) < 4.78 is 7.70. The molecule has 0 aliphatic heterocycles. The molecule has 0 fully saturated rings. The Labute approximate surface area is 726 Å². The predicted molar refractivity (Wildman–Crippen MR) is 535 cm³/mol. The van der Waals surface area contributed by atoms with Crippen LogP contribution < -0.4 is 30.7 Å².